The minimum absolute atomic E-state index is 0.125. The highest BCUT2D eigenvalue weighted by molar-refractivity contribution is 7.99. The van der Waals surface area contributed by atoms with Crippen LogP contribution in [0.4, 0.5) is 11.4 Å². The van der Waals surface area contributed by atoms with Crippen molar-refractivity contribution in [3.05, 3.63) is 23.8 Å². The quantitative estimate of drug-likeness (QED) is 0.611. The second-order valence-corrected chi connectivity index (χ2v) is 5.62. The van der Waals surface area contributed by atoms with Crippen LogP contribution in [0.3, 0.4) is 0 Å². The van der Waals surface area contributed by atoms with E-state index in [0.29, 0.717) is 28.6 Å². The Hall–Kier alpha value is -1.16. The molecule has 3 nitrogen and oxygen atoms in total. The van der Waals surface area contributed by atoms with Crippen LogP contribution in [0.15, 0.2) is 18.2 Å². The van der Waals surface area contributed by atoms with E-state index < -0.39 is 0 Å². The van der Waals surface area contributed by atoms with Crippen molar-refractivity contribution in [1.29, 1.82) is 0 Å². The summed E-state index contributed by atoms with van der Waals surface area (Å²) in [6.07, 6.45) is 0.548. The molecular weight excluding hydrogens is 220 g/mol. The molecule has 0 spiro atoms. The fourth-order valence-electron chi connectivity index (χ4n) is 1.28. The second kappa shape index (κ2) is 5.80. The molecule has 0 saturated carbocycles. The summed E-state index contributed by atoms with van der Waals surface area (Å²) in [4.78, 5) is 11.8. The lowest BCUT2D eigenvalue weighted by molar-refractivity contribution is 0.0989. The third kappa shape index (κ3) is 3.77. The van der Waals surface area contributed by atoms with Crippen molar-refractivity contribution >= 4 is 28.9 Å². The highest BCUT2D eigenvalue weighted by atomic mass is 32.2. The predicted molar refractivity (Wildman–Crippen MR) is 71.8 cm³/mol. The van der Waals surface area contributed by atoms with Gasteiger partial charge in [-0.05, 0) is 23.4 Å². The number of thioether (sulfide) groups is 1. The Balaban J connectivity index is 2.56. The van der Waals surface area contributed by atoms with Crippen LogP contribution < -0.4 is 11.5 Å². The van der Waals surface area contributed by atoms with Crippen LogP contribution in [0.2, 0.25) is 0 Å². The monoisotopic (exact) mass is 238 g/mol. The molecule has 0 atom stereocenters. The number of nitrogens with two attached hydrogens (primary N) is 2. The van der Waals surface area contributed by atoms with Crippen molar-refractivity contribution in [2.75, 3.05) is 17.2 Å². The number of Topliss-reactive ketones (excluding diaryl/α,β-unsaturated/α-hetero) is 1. The maximum Gasteiger partial charge on any atom is 0.163 e. The second-order valence-electron chi connectivity index (χ2n) is 3.94. The average molecular weight is 238 g/mol. The Morgan fingerprint density at radius 1 is 1.31 bits per heavy atom. The highest BCUT2D eigenvalue weighted by Crippen LogP contribution is 2.18. The lowest BCUT2D eigenvalue weighted by Crippen LogP contribution is -2.04. The standard InChI is InChI=1S/C12H18N2OS/c1-8(2)16-6-5-12(15)9-3-4-10(13)11(14)7-9/h3-4,7-8H,5-6,13-14H2,1-2H3. The summed E-state index contributed by atoms with van der Waals surface area (Å²) in [6, 6.07) is 5.06. The van der Waals surface area contributed by atoms with Crippen molar-refractivity contribution in [1.82, 2.24) is 0 Å². The summed E-state index contributed by atoms with van der Waals surface area (Å²) in [6.45, 7) is 4.24. The van der Waals surface area contributed by atoms with Crippen LogP contribution in [-0.2, 0) is 0 Å². The number of carbonyl (C=O) groups excluding carboxylic acids is 1. The SMILES string of the molecule is CC(C)SCCC(=O)c1ccc(N)c(N)c1. The first kappa shape index (κ1) is 12.9. The van der Waals surface area contributed by atoms with E-state index in [0.717, 1.165) is 5.75 Å². The van der Waals surface area contributed by atoms with Crippen LogP contribution in [0.25, 0.3) is 0 Å². The van der Waals surface area contributed by atoms with Crippen LogP contribution in [-0.4, -0.2) is 16.8 Å². The molecule has 4 heteroatoms. The first-order chi connectivity index (χ1) is 7.50. The molecule has 4 N–H and O–H groups in total. The Bertz CT molecular complexity index is 377. The minimum atomic E-state index is 0.125. The topological polar surface area (TPSA) is 69.1 Å². The van der Waals surface area contributed by atoms with Gasteiger partial charge in [-0.15, -0.1) is 0 Å². The van der Waals surface area contributed by atoms with Gasteiger partial charge < -0.3 is 11.5 Å². The van der Waals surface area contributed by atoms with Crippen molar-refractivity contribution in [2.24, 2.45) is 0 Å². The molecule has 1 aromatic carbocycles. The Morgan fingerprint density at radius 3 is 2.56 bits per heavy atom. The van der Waals surface area contributed by atoms with Gasteiger partial charge in [0.15, 0.2) is 5.78 Å². The lowest BCUT2D eigenvalue weighted by Gasteiger charge is -2.06. The number of ketones is 1. The molecule has 0 aromatic heterocycles. The first-order valence-corrected chi connectivity index (χ1v) is 6.35. The highest BCUT2D eigenvalue weighted by Gasteiger charge is 2.07. The van der Waals surface area contributed by atoms with Gasteiger partial charge in [0.2, 0.25) is 0 Å². The number of rotatable bonds is 5. The lowest BCUT2D eigenvalue weighted by atomic mass is 10.1. The summed E-state index contributed by atoms with van der Waals surface area (Å²) in [7, 11) is 0. The zero-order valence-corrected chi connectivity index (χ0v) is 10.5. The van der Waals surface area contributed by atoms with E-state index in [9.17, 15) is 4.79 Å². The number of anilines is 2. The average Bonchev–Trinajstić information content (AvgIpc) is 2.21. The number of carbonyl (C=O) groups is 1. The van der Waals surface area contributed by atoms with Gasteiger partial charge in [-0.25, -0.2) is 0 Å². The van der Waals surface area contributed by atoms with E-state index in [4.69, 9.17) is 11.5 Å². The summed E-state index contributed by atoms with van der Waals surface area (Å²) in [5.41, 5.74) is 12.9. The minimum Gasteiger partial charge on any atom is -0.397 e. The van der Waals surface area contributed by atoms with E-state index in [1.165, 1.54) is 0 Å². The summed E-state index contributed by atoms with van der Waals surface area (Å²) < 4.78 is 0. The zero-order chi connectivity index (χ0) is 12.1. The van der Waals surface area contributed by atoms with Crippen LogP contribution >= 0.6 is 11.8 Å². The zero-order valence-electron chi connectivity index (χ0n) is 9.69. The maximum absolute atomic E-state index is 11.8. The normalized spacial score (nSPS) is 10.7. The Kier molecular flexibility index (Phi) is 4.68. The first-order valence-electron chi connectivity index (χ1n) is 5.30. The fourth-order valence-corrected chi connectivity index (χ4v) is 2.05. The van der Waals surface area contributed by atoms with E-state index in [1.807, 2.05) is 0 Å². The van der Waals surface area contributed by atoms with E-state index in [2.05, 4.69) is 13.8 Å². The van der Waals surface area contributed by atoms with Crippen LogP contribution in [0.1, 0.15) is 30.6 Å². The summed E-state index contributed by atoms with van der Waals surface area (Å²) in [5, 5.41) is 0.560. The molecule has 1 rings (SSSR count). The molecule has 0 unspecified atom stereocenters. The molecular formula is C12H18N2OS. The Labute approximate surface area is 101 Å². The van der Waals surface area contributed by atoms with Gasteiger partial charge in [0.1, 0.15) is 0 Å². The third-order valence-corrected chi connectivity index (χ3v) is 3.30. The molecule has 0 radical (unpaired) electrons. The van der Waals surface area contributed by atoms with Gasteiger partial charge in [-0.3, -0.25) is 4.79 Å². The van der Waals surface area contributed by atoms with Gasteiger partial charge in [-0.2, -0.15) is 11.8 Å². The molecule has 0 bridgehead atoms. The Morgan fingerprint density at radius 2 is 2.00 bits per heavy atom. The van der Waals surface area contributed by atoms with Gasteiger partial charge in [-0.1, -0.05) is 13.8 Å². The number of hydrogen-bond acceptors (Lipinski definition) is 4. The molecule has 88 valence electrons. The van der Waals surface area contributed by atoms with Gasteiger partial charge in [0, 0.05) is 17.7 Å². The van der Waals surface area contributed by atoms with E-state index in [-0.39, 0.29) is 5.78 Å². The van der Waals surface area contributed by atoms with Gasteiger partial charge in [0.05, 0.1) is 11.4 Å². The van der Waals surface area contributed by atoms with Crippen molar-refractivity contribution < 1.29 is 4.79 Å². The summed E-state index contributed by atoms with van der Waals surface area (Å²) in [5.74, 6) is 0.973. The van der Waals surface area contributed by atoms with Crippen molar-refractivity contribution in [3.8, 4) is 0 Å². The largest absolute Gasteiger partial charge is 0.397 e. The third-order valence-electron chi connectivity index (χ3n) is 2.19. The van der Waals surface area contributed by atoms with Gasteiger partial charge in [0.25, 0.3) is 0 Å². The smallest absolute Gasteiger partial charge is 0.163 e. The molecule has 0 amide bonds. The van der Waals surface area contributed by atoms with Crippen LogP contribution in [0.5, 0.6) is 0 Å². The molecule has 0 aliphatic carbocycles. The number of benzene rings is 1. The van der Waals surface area contributed by atoms with Crippen molar-refractivity contribution in [3.63, 3.8) is 0 Å². The number of nitrogen functional groups attached to an aromatic ring is 2. The molecule has 1 aromatic rings. The molecule has 0 fully saturated rings. The van der Waals surface area contributed by atoms with Gasteiger partial charge >= 0.3 is 0 Å². The fraction of sp³-hybridized carbons (Fsp3) is 0.417. The predicted octanol–water partition coefficient (Wildman–Crippen LogP) is 2.57. The molecule has 0 aliphatic heterocycles. The molecule has 16 heavy (non-hydrogen) atoms. The number of hydrogen-bond donors (Lipinski definition) is 2. The summed E-state index contributed by atoms with van der Waals surface area (Å²) >= 11 is 1.78. The molecule has 0 heterocycles. The van der Waals surface area contributed by atoms with E-state index in [1.54, 1.807) is 30.0 Å². The molecule has 0 saturated heterocycles. The van der Waals surface area contributed by atoms with Crippen molar-refractivity contribution in [2.45, 2.75) is 25.5 Å². The van der Waals surface area contributed by atoms with Crippen LogP contribution in [0, 0.1) is 0 Å². The van der Waals surface area contributed by atoms with E-state index >= 15 is 0 Å². The molecule has 0 aliphatic rings. The maximum atomic E-state index is 11.8.